The molecule has 0 aliphatic rings. The molecule has 0 spiro atoms. The lowest BCUT2D eigenvalue weighted by Crippen LogP contribution is -2.04. The van der Waals surface area contributed by atoms with Crippen LogP contribution < -0.4 is 9.47 Å². The van der Waals surface area contributed by atoms with Gasteiger partial charge in [-0.3, -0.25) is 0 Å². The molecule has 16 heavy (non-hydrogen) atoms. The van der Waals surface area contributed by atoms with Crippen molar-refractivity contribution >= 4 is 45.2 Å². The largest absolute Gasteiger partial charge is 0.490 e. The standard InChI is InChI=1S/C10H13I2NO3/c1-14-4-3-5-16-7-6-8(11)13-10(12)9(7)15-2/h6H,3-5H2,1-2H3. The first-order valence-corrected chi connectivity index (χ1v) is 6.86. The molecule has 0 bridgehead atoms. The molecule has 1 aromatic rings. The fourth-order valence-electron chi connectivity index (χ4n) is 1.13. The Hall–Kier alpha value is 0.170. The molecule has 90 valence electrons. The molecule has 1 aromatic heterocycles. The molecular weight excluding hydrogens is 436 g/mol. The zero-order valence-electron chi connectivity index (χ0n) is 9.13. The second-order valence-electron chi connectivity index (χ2n) is 2.96. The van der Waals surface area contributed by atoms with Crippen LogP contribution in [0.4, 0.5) is 0 Å². The maximum absolute atomic E-state index is 5.64. The van der Waals surface area contributed by atoms with Crippen molar-refractivity contribution in [2.24, 2.45) is 0 Å². The molecule has 4 nitrogen and oxygen atoms in total. The molecule has 0 amide bonds. The van der Waals surface area contributed by atoms with E-state index in [-0.39, 0.29) is 0 Å². The first kappa shape index (κ1) is 14.2. The summed E-state index contributed by atoms with van der Waals surface area (Å²) in [6.45, 7) is 1.31. The average molecular weight is 449 g/mol. The number of hydrogen-bond donors (Lipinski definition) is 0. The zero-order chi connectivity index (χ0) is 12.0. The first-order valence-electron chi connectivity index (χ1n) is 4.70. The summed E-state index contributed by atoms with van der Waals surface area (Å²) in [6.07, 6.45) is 0.856. The van der Waals surface area contributed by atoms with Crippen LogP contribution in [0, 0.1) is 7.40 Å². The second kappa shape index (κ2) is 7.49. The Kier molecular flexibility index (Phi) is 6.66. The Morgan fingerprint density at radius 1 is 1.25 bits per heavy atom. The van der Waals surface area contributed by atoms with Crippen molar-refractivity contribution in [1.82, 2.24) is 4.98 Å². The molecule has 6 heteroatoms. The SMILES string of the molecule is COCCCOc1cc(I)nc(I)c1OC. The van der Waals surface area contributed by atoms with Crippen molar-refractivity contribution in [2.75, 3.05) is 27.4 Å². The van der Waals surface area contributed by atoms with E-state index in [0.717, 1.165) is 19.6 Å². The van der Waals surface area contributed by atoms with Gasteiger partial charge in [0.15, 0.2) is 11.5 Å². The third kappa shape index (κ3) is 4.21. The van der Waals surface area contributed by atoms with Crippen molar-refractivity contribution < 1.29 is 14.2 Å². The summed E-state index contributed by atoms with van der Waals surface area (Å²) in [5.74, 6) is 1.43. The van der Waals surface area contributed by atoms with E-state index in [4.69, 9.17) is 14.2 Å². The van der Waals surface area contributed by atoms with Gasteiger partial charge >= 0.3 is 0 Å². The van der Waals surface area contributed by atoms with Gasteiger partial charge in [0.25, 0.3) is 0 Å². The normalized spacial score (nSPS) is 10.2. The van der Waals surface area contributed by atoms with E-state index < -0.39 is 0 Å². The number of hydrogen-bond acceptors (Lipinski definition) is 4. The van der Waals surface area contributed by atoms with Crippen molar-refractivity contribution in [3.05, 3.63) is 13.5 Å². The maximum Gasteiger partial charge on any atom is 0.193 e. The molecule has 0 aliphatic heterocycles. The smallest absolute Gasteiger partial charge is 0.193 e. The van der Waals surface area contributed by atoms with Crippen LogP contribution in [0.3, 0.4) is 0 Å². The van der Waals surface area contributed by atoms with E-state index in [0.29, 0.717) is 19.0 Å². The van der Waals surface area contributed by atoms with E-state index in [1.807, 2.05) is 6.07 Å². The van der Waals surface area contributed by atoms with Gasteiger partial charge in [0, 0.05) is 26.2 Å². The summed E-state index contributed by atoms with van der Waals surface area (Å²) in [5, 5.41) is 0. The topological polar surface area (TPSA) is 40.6 Å². The molecule has 0 aliphatic carbocycles. The van der Waals surface area contributed by atoms with Crippen molar-refractivity contribution in [2.45, 2.75) is 6.42 Å². The predicted octanol–water partition coefficient (Wildman–Crippen LogP) is 2.71. The van der Waals surface area contributed by atoms with Gasteiger partial charge in [-0.2, -0.15) is 0 Å². The van der Waals surface area contributed by atoms with Crippen molar-refractivity contribution in [1.29, 1.82) is 0 Å². The van der Waals surface area contributed by atoms with Gasteiger partial charge in [0.2, 0.25) is 0 Å². The Morgan fingerprint density at radius 3 is 2.62 bits per heavy atom. The monoisotopic (exact) mass is 449 g/mol. The van der Waals surface area contributed by atoms with Crippen molar-refractivity contribution in [3.63, 3.8) is 0 Å². The average Bonchev–Trinajstić information content (AvgIpc) is 2.24. The number of halogens is 2. The highest BCUT2D eigenvalue weighted by Gasteiger charge is 2.11. The molecule has 0 atom stereocenters. The number of ether oxygens (including phenoxy) is 3. The first-order chi connectivity index (χ1) is 7.69. The summed E-state index contributed by atoms with van der Waals surface area (Å²) in [4.78, 5) is 4.29. The van der Waals surface area contributed by atoms with Gasteiger partial charge in [0.05, 0.1) is 13.7 Å². The minimum Gasteiger partial charge on any atom is -0.490 e. The lowest BCUT2D eigenvalue weighted by atomic mass is 10.4. The third-order valence-electron chi connectivity index (χ3n) is 1.82. The number of aromatic nitrogens is 1. The Labute approximate surface area is 122 Å². The molecule has 0 aromatic carbocycles. The summed E-state index contributed by atoms with van der Waals surface area (Å²) in [7, 11) is 3.30. The minimum atomic E-state index is 0.611. The fourth-order valence-corrected chi connectivity index (χ4v) is 2.86. The van der Waals surface area contributed by atoms with Crippen LogP contribution >= 0.6 is 45.2 Å². The summed E-state index contributed by atoms with van der Waals surface area (Å²) in [6, 6.07) is 1.87. The number of nitrogens with zero attached hydrogens (tertiary/aromatic N) is 1. The van der Waals surface area contributed by atoms with Crippen LogP contribution in [-0.2, 0) is 4.74 Å². The van der Waals surface area contributed by atoms with Crippen LogP contribution in [0.2, 0.25) is 0 Å². The van der Waals surface area contributed by atoms with Gasteiger partial charge in [-0.25, -0.2) is 4.98 Å². The van der Waals surface area contributed by atoms with Gasteiger partial charge in [-0.15, -0.1) is 0 Å². The summed E-state index contributed by atoms with van der Waals surface area (Å²) >= 11 is 4.29. The highest BCUT2D eigenvalue weighted by Crippen LogP contribution is 2.32. The number of pyridine rings is 1. The lowest BCUT2D eigenvalue weighted by Gasteiger charge is -2.11. The van der Waals surface area contributed by atoms with E-state index >= 15 is 0 Å². The molecule has 0 saturated carbocycles. The zero-order valence-corrected chi connectivity index (χ0v) is 13.4. The van der Waals surface area contributed by atoms with Gasteiger partial charge in [-0.1, -0.05) is 0 Å². The van der Waals surface area contributed by atoms with Gasteiger partial charge in [-0.05, 0) is 45.2 Å². The quantitative estimate of drug-likeness (QED) is 0.381. The van der Waals surface area contributed by atoms with Crippen LogP contribution in [0.1, 0.15) is 6.42 Å². The van der Waals surface area contributed by atoms with Crippen LogP contribution in [-0.4, -0.2) is 32.4 Å². The minimum absolute atomic E-state index is 0.611. The lowest BCUT2D eigenvalue weighted by molar-refractivity contribution is 0.170. The Bertz CT molecular complexity index is 347. The third-order valence-corrected chi connectivity index (χ3v) is 3.10. The van der Waals surface area contributed by atoms with E-state index in [1.54, 1.807) is 14.2 Å². The second-order valence-corrected chi connectivity index (χ2v) is 5.09. The van der Waals surface area contributed by atoms with Crippen LogP contribution in [0.25, 0.3) is 0 Å². The molecule has 1 heterocycles. The number of rotatable bonds is 6. The summed E-state index contributed by atoms with van der Waals surface area (Å²) in [5.41, 5.74) is 0. The fraction of sp³-hybridized carbons (Fsp3) is 0.500. The molecule has 0 unspecified atom stereocenters. The predicted molar refractivity (Wildman–Crippen MR) is 78.2 cm³/mol. The molecule has 0 N–H and O–H groups in total. The van der Waals surface area contributed by atoms with Crippen molar-refractivity contribution in [3.8, 4) is 11.5 Å². The van der Waals surface area contributed by atoms with E-state index in [9.17, 15) is 0 Å². The number of methoxy groups -OCH3 is 2. The van der Waals surface area contributed by atoms with Crippen LogP contribution in [0.5, 0.6) is 11.5 Å². The molecule has 0 saturated heterocycles. The van der Waals surface area contributed by atoms with Gasteiger partial charge < -0.3 is 14.2 Å². The summed E-state index contributed by atoms with van der Waals surface area (Å²) < 4.78 is 17.6. The Morgan fingerprint density at radius 2 is 2.00 bits per heavy atom. The van der Waals surface area contributed by atoms with E-state index in [2.05, 4.69) is 50.2 Å². The maximum atomic E-state index is 5.64. The molecule has 0 radical (unpaired) electrons. The molecular formula is C10H13I2NO3. The highest BCUT2D eigenvalue weighted by molar-refractivity contribution is 14.1. The molecule has 1 rings (SSSR count). The van der Waals surface area contributed by atoms with Crippen LogP contribution in [0.15, 0.2) is 6.07 Å². The highest BCUT2D eigenvalue weighted by atomic mass is 127. The Balaban J connectivity index is 2.69. The van der Waals surface area contributed by atoms with E-state index in [1.165, 1.54) is 0 Å². The molecule has 0 fully saturated rings. The van der Waals surface area contributed by atoms with Gasteiger partial charge in [0.1, 0.15) is 7.40 Å².